The van der Waals surface area contributed by atoms with Gasteiger partial charge in [-0.25, -0.2) is 18.9 Å². The number of alkyl halides is 28. The van der Waals surface area contributed by atoms with Crippen molar-refractivity contribution in [3.8, 4) is 0 Å². The molecule has 0 aliphatic carbocycles. The molecule has 0 aromatic heterocycles. The summed E-state index contributed by atoms with van der Waals surface area (Å²) in [5.74, 6) is -41.9. The molecule has 0 bridgehead atoms. The molecule has 68 heavy (non-hydrogen) atoms. The minimum absolute atomic E-state index is 1.32. The van der Waals surface area contributed by atoms with E-state index >= 15 is 0 Å². The molecular weight excluding hydrogens is 1060 g/mol. The third-order valence-corrected chi connectivity index (χ3v) is 6.99. The lowest BCUT2D eigenvalue weighted by atomic mass is 10.2. The van der Waals surface area contributed by atoms with Gasteiger partial charge in [0.05, 0.1) is 39.6 Å². The van der Waals surface area contributed by atoms with Crippen LogP contribution in [-0.2, 0) is 37.9 Å². The van der Waals surface area contributed by atoms with Crippen LogP contribution in [0.2, 0.25) is 0 Å². The number of ether oxygens (including phenoxy) is 8. The van der Waals surface area contributed by atoms with E-state index in [1.807, 2.05) is 0 Å². The van der Waals surface area contributed by atoms with E-state index in [2.05, 4.69) is 18.9 Å². The average Bonchev–Trinajstić information content (AvgIpc) is 3.12. The molecule has 0 amide bonds. The fraction of sp³-hybridized carbons (Fsp3) is 1.00. The highest BCUT2D eigenvalue weighted by Crippen LogP contribution is 2.55. The largest absolute Gasteiger partial charge is 0.433 e. The van der Waals surface area contributed by atoms with Crippen LogP contribution in [0.3, 0.4) is 0 Å². The Balaban J connectivity index is 5.69. The molecule has 0 heterocycles. The molecule has 0 spiro atoms. The Bertz CT molecular complexity index is 1450. The van der Waals surface area contributed by atoms with Crippen molar-refractivity contribution >= 4 is 0 Å². The summed E-state index contributed by atoms with van der Waals surface area (Å²) in [6, 6.07) is 0. The summed E-state index contributed by atoms with van der Waals surface area (Å²) in [7, 11) is 0. The molecule has 0 saturated carbocycles. The highest BCUT2D eigenvalue weighted by Gasteiger charge is 2.83. The zero-order chi connectivity index (χ0) is 54.5. The maximum absolute atomic E-state index is 13.9. The van der Waals surface area contributed by atoms with Gasteiger partial charge in [-0.3, -0.25) is 0 Å². The van der Waals surface area contributed by atoms with Gasteiger partial charge in [0.2, 0.25) is 0 Å². The third-order valence-electron chi connectivity index (χ3n) is 6.99. The van der Waals surface area contributed by atoms with Crippen molar-refractivity contribution < 1.29 is 186 Å². The molecule has 2 unspecified atom stereocenters. The van der Waals surface area contributed by atoms with Gasteiger partial charge in [0.15, 0.2) is 0 Å². The lowest BCUT2D eigenvalue weighted by molar-refractivity contribution is -0.535. The summed E-state index contributed by atoms with van der Waals surface area (Å²) in [6.07, 6.45) is -67.4. The number of hydrogen-bond acceptors (Lipinski definition) is 13. The Morgan fingerprint density at radius 3 is 0.588 bits per heavy atom. The fourth-order valence-corrected chi connectivity index (χ4v) is 3.32. The first kappa shape index (κ1) is 65.5. The average molecular weight is 1090 g/mol. The monoisotopic (exact) mass is 1090 g/mol. The molecular formula is C27H28F28O13. The topological polar surface area (TPSA) is 175 Å². The molecule has 410 valence electrons. The van der Waals surface area contributed by atoms with Gasteiger partial charge in [-0.05, 0) is 0 Å². The van der Waals surface area contributed by atoms with Crippen molar-refractivity contribution in [3.63, 3.8) is 0 Å². The maximum atomic E-state index is 13.9. The second kappa shape index (κ2) is 22.1. The standard InChI is InChI=1S/C27H28F28O13/c28-14(29,7-61-3-11(58)1-56)20(40,41)65-24(48,49)18(36,37)26(52,53)67-22(44,45)16(32,33)9-63-5-13(60)6-64-10-17(34,35)23(46,47)68-27(54,55)19(38,39)25(50,51)66-21(42,43)15(30,31)8-62-4-12(59)2-57/h11-13,56-60H,1-10H2. The first-order chi connectivity index (χ1) is 29.8. The normalized spacial score (nSPS) is 16.9. The predicted molar refractivity (Wildman–Crippen MR) is 149 cm³/mol. The third kappa shape index (κ3) is 15.8. The summed E-state index contributed by atoms with van der Waals surface area (Å²) in [4.78, 5) is 0. The highest BCUT2D eigenvalue weighted by molar-refractivity contribution is 4.93. The number of hydrogen-bond donors (Lipinski definition) is 5. The lowest BCUT2D eigenvalue weighted by Crippen LogP contribution is -2.63. The van der Waals surface area contributed by atoms with Crippen LogP contribution in [0.15, 0.2) is 0 Å². The van der Waals surface area contributed by atoms with Crippen LogP contribution in [-0.4, -0.2) is 194 Å². The van der Waals surface area contributed by atoms with E-state index in [4.69, 9.17) is 20.4 Å². The minimum Gasteiger partial charge on any atom is -0.394 e. The summed E-state index contributed by atoms with van der Waals surface area (Å²) in [5.41, 5.74) is 0. The molecule has 0 saturated heterocycles. The van der Waals surface area contributed by atoms with Gasteiger partial charge < -0.3 is 44.5 Å². The van der Waals surface area contributed by atoms with E-state index in [0.29, 0.717) is 0 Å². The van der Waals surface area contributed by atoms with Crippen molar-refractivity contribution in [3.05, 3.63) is 0 Å². The van der Waals surface area contributed by atoms with Crippen LogP contribution in [0, 0.1) is 0 Å². The Morgan fingerprint density at radius 2 is 0.426 bits per heavy atom. The second-order valence-electron chi connectivity index (χ2n) is 12.9. The molecule has 0 aliphatic rings. The van der Waals surface area contributed by atoms with Gasteiger partial charge in [0, 0.05) is 0 Å². The molecule has 0 aromatic rings. The summed E-state index contributed by atoms with van der Waals surface area (Å²) in [5, 5.41) is 43.9. The van der Waals surface area contributed by atoms with Gasteiger partial charge in [0.25, 0.3) is 0 Å². The number of rotatable bonds is 34. The SMILES string of the molecule is OCC(O)COCC(F)(F)C(F)(F)OC(F)(F)C(F)(F)C(F)(F)OC(F)(F)C(F)(F)COCC(O)COCC(F)(F)C(F)(F)OC(F)(F)C(F)(F)C(F)(F)OC(F)(F)C(F)(F)COCC(O)CO. The molecule has 13 nitrogen and oxygen atoms in total. The Kier molecular flexibility index (Phi) is 21.3. The van der Waals surface area contributed by atoms with Crippen molar-refractivity contribution in [2.75, 3.05) is 66.1 Å². The van der Waals surface area contributed by atoms with Crippen molar-refractivity contribution in [2.45, 2.75) is 103 Å². The summed E-state index contributed by atoms with van der Waals surface area (Å²) >= 11 is 0. The highest BCUT2D eigenvalue weighted by atomic mass is 19.4. The molecule has 0 fully saturated rings. The van der Waals surface area contributed by atoms with Crippen LogP contribution < -0.4 is 0 Å². The van der Waals surface area contributed by atoms with Gasteiger partial charge in [-0.2, -0.15) is 123 Å². The fourth-order valence-electron chi connectivity index (χ4n) is 3.32. The molecule has 41 heteroatoms. The zero-order valence-corrected chi connectivity index (χ0v) is 31.9. The van der Waals surface area contributed by atoms with E-state index in [0.717, 1.165) is 0 Å². The first-order valence-corrected chi connectivity index (χ1v) is 16.5. The van der Waals surface area contributed by atoms with E-state index in [-0.39, 0.29) is 0 Å². The predicted octanol–water partition coefficient (Wildman–Crippen LogP) is 5.74. The van der Waals surface area contributed by atoms with E-state index in [9.17, 15) is 128 Å². The quantitative estimate of drug-likeness (QED) is 0.0495. The number of aliphatic hydroxyl groups is 5. The van der Waals surface area contributed by atoms with Crippen LogP contribution in [0.4, 0.5) is 123 Å². The lowest BCUT2D eigenvalue weighted by Gasteiger charge is -2.37. The van der Waals surface area contributed by atoms with Gasteiger partial charge in [0.1, 0.15) is 44.7 Å². The van der Waals surface area contributed by atoms with E-state index in [1.54, 1.807) is 18.9 Å². The van der Waals surface area contributed by atoms with Crippen molar-refractivity contribution in [2.24, 2.45) is 0 Å². The zero-order valence-electron chi connectivity index (χ0n) is 31.9. The van der Waals surface area contributed by atoms with Gasteiger partial charge >= 0.3 is 84.4 Å². The van der Waals surface area contributed by atoms with E-state index < -0.39 is 169 Å². The smallest absolute Gasteiger partial charge is 0.394 e. The summed E-state index contributed by atoms with van der Waals surface area (Å²) in [6.45, 7) is -22.4. The van der Waals surface area contributed by atoms with E-state index in [1.165, 1.54) is 0 Å². The van der Waals surface area contributed by atoms with Crippen LogP contribution in [0.1, 0.15) is 0 Å². The van der Waals surface area contributed by atoms with Crippen LogP contribution in [0.5, 0.6) is 0 Å². The maximum Gasteiger partial charge on any atom is 0.433 e. The molecule has 2 atom stereocenters. The van der Waals surface area contributed by atoms with Gasteiger partial charge in [-0.15, -0.1) is 0 Å². The van der Waals surface area contributed by atoms with Gasteiger partial charge in [-0.1, -0.05) is 0 Å². The molecule has 0 rings (SSSR count). The molecule has 0 radical (unpaired) electrons. The number of aliphatic hydroxyl groups excluding tert-OH is 5. The van der Waals surface area contributed by atoms with Crippen molar-refractivity contribution in [1.82, 2.24) is 0 Å². The number of halogens is 28. The Labute approximate surface area is 356 Å². The minimum atomic E-state index is -8.08. The second-order valence-corrected chi connectivity index (χ2v) is 12.9. The van der Waals surface area contributed by atoms with Crippen LogP contribution >= 0.6 is 0 Å². The first-order valence-electron chi connectivity index (χ1n) is 16.5. The molecule has 5 N–H and O–H groups in total. The Hall–Kier alpha value is -2.48. The van der Waals surface area contributed by atoms with Crippen LogP contribution in [0.25, 0.3) is 0 Å². The molecule has 0 aromatic carbocycles. The summed E-state index contributed by atoms with van der Waals surface area (Å²) < 4.78 is 406. The van der Waals surface area contributed by atoms with Crippen molar-refractivity contribution in [1.29, 1.82) is 0 Å². The molecule has 0 aliphatic heterocycles. The Morgan fingerprint density at radius 1 is 0.265 bits per heavy atom.